The van der Waals surface area contributed by atoms with Gasteiger partial charge in [-0.1, -0.05) is 17.4 Å². The molecule has 1 fully saturated rings. The minimum atomic E-state index is -0.747. The van der Waals surface area contributed by atoms with Crippen LogP contribution in [0.5, 0.6) is 5.75 Å². The van der Waals surface area contributed by atoms with Crippen molar-refractivity contribution in [1.82, 2.24) is 9.88 Å². The fraction of sp³-hybridized carbons (Fsp3) is 0.263. The Morgan fingerprint density at radius 3 is 2.29 bits per heavy atom. The summed E-state index contributed by atoms with van der Waals surface area (Å²) in [7, 11) is 1.59. The summed E-state index contributed by atoms with van der Waals surface area (Å²) in [6.45, 7) is 1.76. The summed E-state index contributed by atoms with van der Waals surface area (Å²) in [6.07, 6.45) is 0. The molecule has 3 aromatic rings. The maximum Gasteiger partial charge on any atom is 0.277 e. The number of nitro groups is 2. The Bertz CT molecular complexity index is 1160. The van der Waals surface area contributed by atoms with E-state index in [-0.39, 0.29) is 5.56 Å². The van der Waals surface area contributed by atoms with Gasteiger partial charge in [0.2, 0.25) is 0 Å². The van der Waals surface area contributed by atoms with Crippen LogP contribution in [-0.4, -0.2) is 58.9 Å². The first-order valence-electron chi connectivity index (χ1n) is 9.29. The molecule has 0 radical (unpaired) electrons. The first-order chi connectivity index (χ1) is 14.9. The number of non-ortho nitro benzene ring substituents is 2. The number of nitro benzene ring substituents is 2. The maximum atomic E-state index is 12.8. The van der Waals surface area contributed by atoms with Gasteiger partial charge in [0.05, 0.1) is 33.3 Å². The zero-order valence-electron chi connectivity index (χ0n) is 16.4. The predicted octanol–water partition coefficient (Wildman–Crippen LogP) is 3.08. The van der Waals surface area contributed by atoms with Crippen molar-refractivity contribution in [2.45, 2.75) is 0 Å². The molecule has 11 nitrogen and oxygen atoms in total. The molecule has 1 aliphatic heterocycles. The van der Waals surface area contributed by atoms with Gasteiger partial charge in [-0.25, -0.2) is 4.98 Å². The molecule has 160 valence electrons. The first kappa shape index (κ1) is 20.5. The van der Waals surface area contributed by atoms with E-state index in [1.165, 1.54) is 16.2 Å². The molecule has 1 aliphatic rings. The van der Waals surface area contributed by atoms with Crippen molar-refractivity contribution in [2.75, 3.05) is 38.2 Å². The van der Waals surface area contributed by atoms with E-state index in [4.69, 9.17) is 4.74 Å². The highest BCUT2D eigenvalue weighted by Gasteiger charge is 2.27. The van der Waals surface area contributed by atoms with Crippen molar-refractivity contribution in [3.63, 3.8) is 0 Å². The molecule has 2 aromatic carbocycles. The van der Waals surface area contributed by atoms with E-state index in [2.05, 4.69) is 9.88 Å². The lowest BCUT2D eigenvalue weighted by Gasteiger charge is -2.34. The Hall–Kier alpha value is -3.80. The molecule has 2 heterocycles. The Morgan fingerprint density at radius 1 is 1.06 bits per heavy atom. The van der Waals surface area contributed by atoms with Crippen molar-refractivity contribution in [3.8, 4) is 5.75 Å². The number of anilines is 1. The van der Waals surface area contributed by atoms with E-state index in [1.807, 2.05) is 18.2 Å². The van der Waals surface area contributed by atoms with Crippen LogP contribution in [0.2, 0.25) is 0 Å². The minimum absolute atomic E-state index is 0.0703. The van der Waals surface area contributed by atoms with Crippen LogP contribution in [0.4, 0.5) is 16.5 Å². The van der Waals surface area contributed by atoms with Crippen LogP contribution in [0.1, 0.15) is 10.4 Å². The number of methoxy groups -OCH3 is 1. The highest BCUT2D eigenvalue weighted by molar-refractivity contribution is 7.22. The number of thiazole rings is 1. The van der Waals surface area contributed by atoms with Crippen molar-refractivity contribution in [1.29, 1.82) is 0 Å². The first-order valence-corrected chi connectivity index (χ1v) is 10.1. The van der Waals surface area contributed by atoms with Crippen LogP contribution in [-0.2, 0) is 0 Å². The van der Waals surface area contributed by atoms with Crippen LogP contribution >= 0.6 is 11.3 Å². The van der Waals surface area contributed by atoms with Gasteiger partial charge >= 0.3 is 0 Å². The van der Waals surface area contributed by atoms with Crippen LogP contribution in [0.15, 0.2) is 36.4 Å². The summed E-state index contributed by atoms with van der Waals surface area (Å²) in [4.78, 5) is 41.8. The molecule has 0 spiro atoms. The number of fused-ring (bicyclic) bond motifs is 1. The lowest BCUT2D eigenvalue weighted by molar-refractivity contribution is -0.394. The summed E-state index contributed by atoms with van der Waals surface area (Å²) >= 11 is 1.53. The third-order valence-electron chi connectivity index (χ3n) is 5.00. The van der Waals surface area contributed by atoms with Gasteiger partial charge in [0, 0.05) is 38.3 Å². The van der Waals surface area contributed by atoms with Gasteiger partial charge in [0.1, 0.15) is 11.3 Å². The summed E-state index contributed by atoms with van der Waals surface area (Å²) in [5, 5.41) is 23.0. The van der Waals surface area contributed by atoms with Crippen molar-refractivity contribution >= 4 is 44.0 Å². The molecule has 12 heteroatoms. The summed E-state index contributed by atoms with van der Waals surface area (Å²) in [6, 6.07) is 8.70. The highest BCUT2D eigenvalue weighted by Crippen LogP contribution is 2.34. The molecular weight excluding hydrogens is 426 g/mol. The predicted molar refractivity (Wildman–Crippen MR) is 114 cm³/mol. The van der Waals surface area contributed by atoms with E-state index >= 15 is 0 Å². The monoisotopic (exact) mass is 443 g/mol. The summed E-state index contributed by atoms with van der Waals surface area (Å²) in [5.74, 6) is 0.221. The quantitative estimate of drug-likeness (QED) is 0.434. The minimum Gasteiger partial charge on any atom is -0.494 e. The van der Waals surface area contributed by atoms with Crippen LogP contribution < -0.4 is 9.64 Å². The second-order valence-corrected chi connectivity index (χ2v) is 7.84. The Morgan fingerprint density at radius 2 is 1.71 bits per heavy atom. The standard InChI is InChI=1S/C19H17N5O6S/c1-30-15-3-2-4-16-17(15)20-19(31-16)22-7-5-21(6-8-22)18(25)12-9-13(23(26)27)11-14(10-12)24(28)29/h2-4,9-11H,5-8H2,1H3. The topological polar surface area (TPSA) is 132 Å². The Kier molecular flexibility index (Phi) is 5.38. The molecule has 0 N–H and O–H groups in total. The van der Waals surface area contributed by atoms with Crippen molar-refractivity contribution < 1.29 is 19.4 Å². The zero-order chi connectivity index (χ0) is 22.1. The van der Waals surface area contributed by atoms with E-state index in [9.17, 15) is 25.0 Å². The molecule has 0 atom stereocenters. The molecule has 0 saturated carbocycles. The number of ether oxygens (including phenoxy) is 1. The number of piperazine rings is 1. The van der Waals surface area contributed by atoms with Gasteiger partial charge in [-0.05, 0) is 12.1 Å². The van der Waals surface area contributed by atoms with Crippen LogP contribution in [0.25, 0.3) is 10.2 Å². The van der Waals surface area contributed by atoms with E-state index in [0.717, 1.165) is 33.5 Å². The molecule has 31 heavy (non-hydrogen) atoms. The number of benzene rings is 2. The maximum absolute atomic E-state index is 12.8. The lowest BCUT2D eigenvalue weighted by atomic mass is 10.1. The third-order valence-corrected chi connectivity index (χ3v) is 6.08. The van der Waals surface area contributed by atoms with Crippen molar-refractivity contribution in [3.05, 3.63) is 62.2 Å². The molecule has 1 amide bonds. The summed E-state index contributed by atoms with van der Waals surface area (Å²) in [5.41, 5.74) is -0.259. The molecule has 0 unspecified atom stereocenters. The number of rotatable bonds is 5. The van der Waals surface area contributed by atoms with Gasteiger partial charge < -0.3 is 14.5 Å². The van der Waals surface area contributed by atoms with Gasteiger partial charge in [-0.2, -0.15) is 0 Å². The largest absolute Gasteiger partial charge is 0.494 e. The number of aromatic nitrogens is 1. The molecule has 0 aliphatic carbocycles. The highest BCUT2D eigenvalue weighted by atomic mass is 32.1. The number of hydrogen-bond acceptors (Lipinski definition) is 9. The number of carbonyl (C=O) groups is 1. The molecule has 4 rings (SSSR count). The van der Waals surface area contributed by atoms with Gasteiger partial charge in [0.15, 0.2) is 5.13 Å². The van der Waals surface area contributed by atoms with E-state index in [1.54, 1.807) is 7.11 Å². The van der Waals surface area contributed by atoms with E-state index < -0.39 is 27.1 Å². The zero-order valence-corrected chi connectivity index (χ0v) is 17.2. The smallest absolute Gasteiger partial charge is 0.277 e. The lowest BCUT2D eigenvalue weighted by Crippen LogP contribution is -2.48. The van der Waals surface area contributed by atoms with Crippen LogP contribution in [0.3, 0.4) is 0 Å². The Balaban J connectivity index is 1.51. The fourth-order valence-corrected chi connectivity index (χ4v) is 4.46. The average Bonchev–Trinajstić information content (AvgIpc) is 3.22. The van der Waals surface area contributed by atoms with Gasteiger partial charge in [-0.3, -0.25) is 25.0 Å². The van der Waals surface area contributed by atoms with E-state index in [0.29, 0.717) is 31.9 Å². The normalized spacial score (nSPS) is 14.0. The summed E-state index contributed by atoms with van der Waals surface area (Å²) < 4.78 is 6.35. The average molecular weight is 443 g/mol. The SMILES string of the molecule is COc1cccc2sc(N3CCN(C(=O)c4cc([N+](=O)[O-])cc([N+](=O)[O-])c4)CC3)nc12. The van der Waals surface area contributed by atoms with Crippen LogP contribution in [0, 0.1) is 20.2 Å². The molecule has 1 aromatic heterocycles. The van der Waals surface area contributed by atoms with Gasteiger partial charge in [0.25, 0.3) is 17.3 Å². The second-order valence-electron chi connectivity index (χ2n) is 6.84. The number of nitrogens with zero attached hydrogens (tertiary/aromatic N) is 5. The molecular formula is C19H17N5O6S. The fourth-order valence-electron chi connectivity index (χ4n) is 3.42. The number of amides is 1. The number of carbonyl (C=O) groups excluding carboxylic acids is 1. The number of para-hydroxylation sites is 1. The third kappa shape index (κ3) is 3.97. The van der Waals surface area contributed by atoms with Gasteiger partial charge in [-0.15, -0.1) is 0 Å². The molecule has 0 bridgehead atoms. The number of hydrogen-bond donors (Lipinski definition) is 0. The second kappa shape index (κ2) is 8.14. The van der Waals surface area contributed by atoms with Crippen molar-refractivity contribution in [2.24, 2.45) is 0 Å². The Labute approximate surface area is 179 Å². The molecule has 1 saturated heterocycles.